The van der Waals surface area contributed by atoms with E-state index >= 15 is 0 Å². The molecule has 3 aromatic carbocycles. The first kappa shape index (κ1) is 11.0. The summed E-state index contributed by atoms with van der Waals surface area (Å²) in [4.78, 5) is 0. The normalized spacial score (nSPS) is 11.6. The van der Waals surface area contributed by atoms with E-state index in [1.165, 1.54) is 21.5 Å². The highest BCUT2D eigenvalue weighted by Gasteiger charge is 1.98. The standard InChI is InChI=1S/C17H14O/c18-9-3-4-13-7-8-16-11-14-5-1-2-6-15(14)12-17(16)10-13/h1-8,10-12,18H,9H2/b4-3+. The van der Waals surface area contributed by atoms with E-state index in [9.17, 15) is 0 Å². The third kappa shape index (κ3) is 2.01. The predicted octanol–water partition coefficient (Wildman–Crippen LogP) is 4.00. The van der Waals surface area contributed by atoms with Crippen molar-refractivity contribution in [1.29, 1.82) is 0 Å². The number of rotatable bonds is 2. The minimum atomic E-state index is 0.0791. The molecular weight excluding hydrogens is 220 g/mol. The van der Waals surface area contributed by atoms with Gasteiger partial charge in [0.2, 0.25) is 0 Å². The van der Waals surface area contributed by atoms with Gasteiger partial charge < -0.3 is 5.11 Å². The molecule has 0 saturated heterocycles. The Balaban J connectivity index is 2.21. The van der Waals surface area contributed by atoms with Crippen LogP contribution in [-0.4, -0.2) is 11.7 Å². The molecule has 0 spiro atoms. The highest BCUT2D eigenvalue weighted by Crippen LogP contribution is 2.24. The van der Waals surface area contributed by atoms with E-state index in [1.807, 2.05) is 6.08 Å². The predicted molar refractivity (Wildman–Crippen MR) is 77.6 cm³/mol. The first-order chi connectivity index (χ1) is 8.86. The fourth-order valence-electron chi connectivity index (χ4n) is 2.25. The molecule has 0 aliphatic rings. The molecule has 0 fully saturated rings. The van der Waals surface area contributed by atoms with Gasteiger partial charge in [-0.15, -0.1) is 0 Å². The van der Waals surface area contributed by atoms with Gasteiger partial charge in [0.15, 0.2) is 0 Å². The molecule has 0 unspecified atom stereocenters. The van der Waals surface area contributed by atoms with Crippen molar-refractivity contribution >= 4 is 27.6 Å². The Morgan fingerprint density at radius 3 is 2.17 bits per heavy atom. The van der Waals surface area contributed by atoms with Gasteiger partial charge in [0, 0.05) is 0 Å². The molecule has 88 valence electrons. The molecule has 0 amide bonds. The number of hydrogen-bond donors (Lipinski definition) is 1. The van der Waals surface area contributed by atoms with Crippen LogP contribution in [0.2, 0.25) is 0 Å². The molecule has 0 radical (unpaired) electrons. The summed E-state index contributed by atoms with van der Waals surface area (Å²) in [6.07, 6.45) is 3.69. The third-order valence-electron chi connectivity index (χ3n) is 3.14. The van der Waals surface area contributed by atoms with Crippen molar-refractivity contribution in [3.63, 3.8) is 0 Å². The third-order valence-corrected chi connectivity index (χ3v) is 3.14. The Morgan fingerprint density at radius 2 is 1.44 bits per heavy atom. The van der Waals surface area contributed by atoms with Crippen LogP contribution in [0.1, 0.15) is 5.56 Å². The molecule has 1 N–H and O–H groups in total. The van der Waals surface area contributed by atoms with Crippen LogP contribution in [0.3, 0.4) is 0 Å². The molecule has 0 atom stereocenters. The Morgan fingerprint density at radius 1 is 0.778 bits per heavy atom. The number of aliphatic hydroxyl groups is 1. The number of benzene rings is 3. The lowest BCUT2D eigenvalue weighted by Crippen LogP contribution is -1.79. The maximum atomic E-state index is 8.80. The van der Waals surface area contributed by atoms with Gasteiger partial charge in [0.05, 0.1) is 6.61 Å². The van der Waals surface area contributed by atoms with Gasteiger partial charge >= 0.3 is 0 Å². The first-order valence-corrected chi connectivity index (χ1v) is 6.07. The van der Waals surface area contributed by atoms with Crippen molar-refractivity contribution in [3.8, 4) is 0 Å². The fraction of sp³-hybridized carbons (Fsp3) is 0.0588. The van der Waals surface area contributed by atoms with E-state index in [-0.39, 0.29) is 6.61 Å². The average Bonchev–Trinajstić information content (AvgIpc) is 2.42. The summed E-state index contributed by atoms with van der Waals surface area (Å²) in [5.41, 5.74) is 1.12. The lowest BCUT2D eigenvalue weighted by atomic mass is 10.0. The monoisotopic (exact) mass is 234 g/mol. The summed E-state index contributed by atoms with van der Waals surface area (Å²) in [6.45, 7) is 0.0791. The average molecular weight is 234 g/mol. The largest absolute Gasteiger partial charge is 0.392 e. The van der Waals surface area contributed by atoms with Crippen LogP contribution >= 0.6 is 0 Å². The number of hydrogen-bond acceptors (Lipinski definition) is 1. The highest BCUT2D eigenvalue weighted by atomic mass is 16.2. The smallest absolute Gasteiger partial charge is 0.0615 e. The van der Waals surface area contributed by atoms with Crippen LogP contribution in [0, 0.1) is 0 Å². The summed E-state index contributed by atoms with van der Waals surface area (Å²) in [5.74, 6) is 0. The van der Waals surface area contributed by atoms with E-state index in [0.717, 1.165) is 5.56 Å². The highest BCUT2D eigenvalue weighted by molar-refractivity contribution is 5.98. The summed E-state index contributed by atoms with van der Waals surface area (Å²) >= 11 is 0. The lowest BCUT2D eigenvalue weighted by Gasteiger charge is -2.03. The van der Waals surface area contributed by atoms with Gasteiger partial charge in [0.1, 0.15) is 0 Å². The summed E-state index contributed by atoms with van der Waals surface area (Å²) in [6, 6.07) is 19.1. The number of aliphatic hydroxyl groups excluding tert-OH is 1. The Labute approximate surface area is 106 Å². The molecule has 0 aliphatic heterocycles. The Kier molecular flexibility index (Phi) is 2.83. The van der Waals surface area contributed by atoms with Crippen molar-refractivity contribution in [2.75, 3.05) is 6.61 Å². The molecule has 0 heterocycles. The second kappa shape index (κ2) is 4.63. The topological polar surface area (TPSA) is 20.2 Å². The van der Waals surface area contributed by atoms with Crippen molar-refractivity contribution < 1.29 is 5.11 Å². The van der Waals surface area contributed by atoms with Crippen molar-refractivity contribution in [2.45, 2.75) is 0 Å². The zero-order chi connectivity index (χ0) is 12.4. The molecule has 1 nitrogen and oxygen atoms in total. The van der Waals surface area contributed by atoms with Crippen LogP contribution in [0.25, 0.3) is 27.6 Å². The number of fused-ring (bicyclic) bond motifs is 2. The van der Waals surface area contributed by atoms with Gasteiger partial charge in [-0.05, 0) is 45.3 Å². The van der Waals surface area contributed by atoms with E-state index < -0.39 is 0 Å². The zero-order valence-electron chi connectivity index (χ0n) is 10.0. The van der Waals surface area contributed by atoms with Crippen LogP contribution in [0.4, 0.5) is 0 Å². The molecule has 0 bridgehead atoms. The van der Waals surface area contributed by atoms with Crippen LogP contribution in [0.5, 0.6) is 0 Å². The first-order valence-electron chi connectivity index (χ1n) is 6.07. The zero-order valence-corrected chi connectivity index (χ0v) is 10.0. The minimum absolute atomic E-state index is 0.0791. The molecular formula is C17H14O. The molecule has 0 aliphatic carbocycles. The second-order valence-electron chi connectivity index (χ2n) is 4.39. The van der Waals surface area contributed by atoms with Gasteiger partial charge in [-0.2, -0.15) is 0 Å². The quantitative estimate of drug-likeness (QED) is 0.664. The van der Waals surface area contributed by atoms with Crippen molar-refractivity contribution in [2.24, 2.45) is 0 Å². The molecule has 1 heteroatoms. The van der Waals surface area contributed by atoms with Gasteiger partial charge in [-0.3, -0.25) is 0 Å². The fourth-order valence-corrected chi connectivity index (χ4v) is 2.25. The Hall–Kier alpha value is -2.12. The molecule has 3 aromatic rings. The second-order valence-corrected chi connectivity index (χ2v) is 4.39. The summed E-state index contributed by atoms with van der Waals surface area (Å²) in [7, 11) is 0. The van der Waals surface area contributed by atoms with Gasteiger partial charge in [-0.1, -0.05) is 48.6 Å². The Bertz CT molecular complexity index is 726. The van der Waals surface area contributed by atoms with Crippen LogP contribution in [0.15, 0.2) is 60.7 Å². The van der Waals surface area contributed by atoms with E-state index in [2.05, 4.69) is 54.6 Å². The molecule has 3 rings (SSSR count). The maximum absolute atomic E-state index is 8.80. The van der Waals surface area contributed by atoms with E-state index in [1.54, 1.807) is 6.08 Å². The van der Waals surface area contributed by atoms with Crippen molar-refractivity contribution in [1.82, 2.24) is 0 Å². The SMILES string of the molecule is OC/C=C/c1ccc2cc3ccccc3cc2c1. The molecule has 0 aromatic heterocycles. The van der Waals surface area contributed by atoms with E-state index in [0.29, 0.717) is 0 Å². The summed E-state index contributed by atoms with van der Waals surface area (Å²) < 4.78 is 0. The maximum Gasteiger partial charge on any atom is 0.0615 e. The van der Waals surface area contributed by atoms with Gasteiger partial charge in [0.25, 0.3) is 0 Å². The van der Waals surface area contributed by atoms with Crippen LogP contribution < -0.4 is 0 Å². The van der Waals surface area contributed by atoms with Crippen molar-refractivity contribution in [3.05, 3.63) is 66.2 Å². The summed E-state index contributed by atoms with van der Waals surface area (Å²) in [5, 5.41) is 13.8. The van der Waals surface area contributed by atoms with E-state index in [4.69, 9.17) is 5.11 Å². The lowest BCUT2D eigenvalue weighted by molar-refractivity contribution is 0.343. The van der Waals surface area contributed by atoms with Crippen LogP contribution in [-0.2, 0) is 0 Å². The van der Waals surface area contributed by atoms with Gasteiger partial charge in [-0.25, -0.2) is 0 Å². The molecule has 18 heavy (non-hydrogen) atoms. The minimum Gasteiger partial charge on any atom is -0.392 e. The molecule has 0 saturated carbocycles.